The van der Waals surface area contributed by atoms with E-state index in [4.69, 9.17) is 0 Å². The van der Waals surface area contributed by atoms with Gasteiger partial charge in [0, 0.05) is 6.92 Å². The summed E-state index contributed by atoms with van der Waals surface area (Å²) in [6.07, 6.45) is 0. The molecule has 1 heterocycles. The second-order valence-electron chi connectivity index (χ2n) is 2.48. The van der Waals surface area contributed by atoms with Crippen LogP contribution in [-0.4, -0.2) is 16.9 Å². The van der Waals surface area contributed by atoms with E-state index < -0.39 is 11.8 Å². The van der Waals surface area contributed by atoms with Gasteiger partial charge in [-0.25, -0.2) is 6.92 Å². The molecule has 1 unspecified atom stereocenters. The molecule has 0 aromatic carbocycles. The number of rotatable bonds is 0. The van der Waals surface area contributed by atoms with Crippen LogP contribution in [0, 0.1) is 6.92 Å². The zero-order chi connectivity index (χ0) is 7.94. The van der Waals surface area contributed by atoms with E-state index in [9.17, 15) is 9.90 Å². The van der Waals surface area contributed by atoms with E-state index in [1.807, 2.05) is 0 Å². The molecular weight excluding hydrogens is 221 g/mol. The molecule has 1 rings (SSSR count). The molecule has 0 spiro atoms. The van der Waals surface area contributed by atoms with Crippen LogP contribution in [0.1, 0.15) is 13.8 Å². The molecule has 1 aliphatic rings. The fraction of sp³-hybridized carbons (Fsp3) is 0.429. The Balaban J connectivity index is 0.000001000. The van der Waals surface area contributed by atoms with Crippen molar-refractivity contribution in [2.75, 3.05) is 0 Å². The topological polar surface area (TPSA) is 46.5 Å². The minimum atomic E-state index is -1.48. The number of carbonyl (C=O) groups excluding carboxylic acids is 1. The zero-order valence-electron chi connectivity index (χ0n) is 6.55. The molecule has 0 aliphatic carbocycles. The normalized spacial score (nSPS) is 29.9. The van der Waals surface area contributed by atoms with E-state index >= 15 is 0 Å². The Hall–Kier alpha value is 0.144. The molecule has 11 heavy (non-hydrogen) atoms. The number of esters is 1. The van der Waals surface area contributed by atoms with E-state index in [0.717, 1.165) is 0 Å². The Labute approximate surface area is 90.7 Å². The molecule has 56 valence electrons. The SMILES string of the molecule is [CH2-]C1=C(C)C(=O)OC1(C)O.[Y+3]. The van der Waals surface area contributed by atoms with Crippen LogP contribution in [0.15, 0.2) is 11.1 Å². The van der Waals surface area contributed by atoms with Gasteiger partial charge in [-0.1, -0.05) is 0 Å². The predicted octanol–water partition coefficient (Wildman–Crippen LogP) is 0.400. The van der Waals surface area contributed by atoms with Crippen molar-refractivity contribution < 1.29 is 47.3 Å². The van der Waals surface area contributed by atoms with Crippen LogP contribution in [0.4, 0.5) is 0 Å². The maximum absolute atomic E-state index is 10.7. The molecular formula is C7H9O3Y+2. The summed E-state index contributed by atoms with van der Waals surface area (Å²) in [6.45, 7) is 6.47. The molecule has 1 atom stereocenters. The van der Waals surface area contributed by atoms with Crippen LogP contribution in [0.3, 0.4) is 0 Å². The smallest absolute Gasteiger partial charge is 0.442 e. The Morgan fingerprint density at radius 2 is 2.09 bits per heavy atom. The molecule has 0 saturated carbocycles. The average molecular weight is 230 g/mol. The van der Waals surface area contributed by atoms with Crippen molar-refractivity contribution in [1.82, 2.24) is 0 Å². The third-order valence-electron chi connectivity index (χ3n) is 1.61. The summed E-state index contributed by atoms with van der Waals surface area (Å²) in [6, 6.07) is 0. The number of aliphatic hydroxyl groups is 1. The van der Waals surface area contributed by atoms with Crippen molar-refractivity contribution in [3.8, 4) is 0 Å². The largest absolute Gasteiger partial charge is 3.00 e. The Kier molecular flexibility index (Phi) is 3.30. The van der Waals surface area contributed by atoms with Crippen molar-refractivity contribution >= 4 is 5.97 Å². The molecule has 1 N–H and O–H groups in total. The average Bonchev–Trinajstić information content (AvgIpc) is 1.95. The number of carbonyl (C=O) groups is 1. The molecule has 1 aliphatic heterocycles. The number of cyclic esters (lactones) is 1. The van der Waals surface area contributed by atoms with Crippen LogP contribution in [0.25, 0.3) is 0 Å². The van der Waals surface area contributed by atoms with Crippen LogP contribution < -0.4 is 0 Å². The molecule has 0 fully saturated rings. The first-order valence-corrected chi connectivity index (χ1v) is 2.94. The predicted molar refractivity (Wildman–Crippen MR) is 34.8 cm³/mol. The monoisotopic (exact) mass is 230 g/mol. The minimum Gasteiger partial charge on any atom is -0.442 e. The number of ether oxygens (including phenoxy) is 1. The van der Waals surface area contributed by atoms with Gasteiger partial charge in [-0.05, 0) is 0 Å². The van der Waals surface area contributed by atoms with Gasteiger partial charge in [-0.3, -0.25) is 4.79 Å². The minimum absolute atomic E-state index is 0. The first kappa shape index (κ1) is 11.1. The summed E-state index contributed by atoms with van der Waals surface area (Å²) in [4.78, 5) is 10.7. The Morgan fingerprint density at radius 1 is 1.64 bits per heavy atom. The van der Waals surface area contributed by atoms with Crippen LogP contribution >= 0.6 is 0 Å². The summed E-state index contributed by atoms with van der Waals surface area (Å²) >= 11 is 0. The van der Waals surface area contributed by atoms with E-state index in [2.05, 4.69) is 11.7 Å². The molecule has 0 aromatic rings. The summed E-state index contributed by atoms with van der Waals surface area (Å²) in [5.74, 6) is -1.98. The fourth-order valence-electron chi connectivity index (χ4n) is 0.790. The second kappa shape index (κ2) is 3.25. The van der Waals surface area contributed by atoms with E-state index in [-0.39, 0.29) is 32.7 Å². The molecule has 0 radical (unpaired) electrons. The third-order valence-corrected chi connectivity index (χ3v) is 1.61. The first-order valence-electron chi connectivity index (χ1n) is 2.94. The van der Waals surface area contributed by atoms with Gasteiger partial charge in [0.15, 0.2) is 0 Å². The Morgan fingerprint density at radius 3 is 2.18 bits per heavy atom. The number of hydrogen-bond acceptors (Lipinski definition) is 3. The second-order valence-corrected chi connectivity index (χ2v) is 2.48. The van der Waals surface area contributed by atoms with Crippen molar-refractivity contribution in [2.45, 2.75) is 19.6 Å². The van der Waals surface area contributed by atoms with E-state index in [1.165, 1.54) is 6.92 Å². The van der Waals surface area contributed by atoms with Gasteiger partial charge in [-0.15, -0.1) is 18.1 Å². The zero-order valence-corrected chi connectivity index (χ0v) is 9.39. The fourth-order valence-corrected chi connectivity index (χ4v) is 0.790. The maximum Gasteiger partial charge on any atom is 3.00 e. The molecule has 0 bridgehead atoms. The molecule has 0 amide bonds. The van der Waals surface area contributed by atoms with Gasteiger partial charge in [0.2, 0.25) is 5.79 Å². The van der Waals surface area contributed by atoms with Gasteiger partial charge in [0.25, 0.3) is 5.97 Å². The maximum atomic E-state index is 10.7. The summed E-state index contributed by atoms with van der Waals surface area (Å²) < 4.78 is 4.55. The third kappa shape index (κ3) is 1.84. The molecule has 3 nitrogen and oxygen atoms in total. The summed E-state index contributed by atoms with van der Waals surface area (Å²) in [5, 5.41) is 9.24. The van der Waals surface area contributed by atoms with Crippen LogP contribution in [-0.2, 0) is 42.2 Å². The van der Waals surface area contributed by atoms with Crippen LogP contribution in [0.5, 0.6) is 0 Å². The van der Waals surface area contributed by atoms with Crippen molar-refractivity contribution in [1.29, 1.82) is 0 Å². The van der Waals surface area contributed by atoms with Gasteiger partial charge in [0.1, 0.15) is 0 Å². The molecule has 4 heteroatoms. The van der Waals surface area contributed by atoms with Crippen molar-refractivity contribution in [3.05, 3.63) is 18.1 Å². The van der Waals surface area contributed by atoms with Gasteiger partial charge < -0.3 is 9.84 Å². The first-order chi connectivity index (χ1) is 4.45. The van der Waals surface area contributed by atoms with Gasteiger partial charge in [0.05, 0.1) is 0 Å². The quantitative estimate of drug-likeness (QED) is 0.484. The Bertz CT molecular complexity index is 218. The summed E-state index contributed by atoms with van der Waals surface area (Å²) in [7, 11) is 0. The molecule has 0 saturated heterocycles. The van der Waals surface area contributed by atoms with E-state index in [1.54, 1.807) is 6.92 Å². The van der Waals surface area contributed by atoms with Gasteiger partial charge in [-0.2, -0.15) is 0 Å². The van der Waals surface area contributed by atoms with Crippen LogP contribution in [0.2, 0.25) is 0 Å². The van der Waals surface area contributed by atoms with E-state index in [0.29, 0.717) is 11.1 Å². The van der Waals surface area contributed by atoms with Crippen molar-refractivity contribution in [2.24, 2.45) is 0 Å². The summed E-state index contributed by atoms with van der Waals surface area (Å²) in [5.41, 5.74) is 0.738. The van der Waals surface area contributed by atoms with Gasteiger partial charge >= 0.3 is 32.7 Å². The van der Waals surface area contributed by atoms with Crippen molar-refractivity contribution in [3.63, 3.8) is 0 Å². The number of hydrogen-bond donors (Lipinski definition) is 1. The molecule has 0 aromatic heterocycles. The standard InChI is InChI=1S/C7H9O3.Y/c1-4-5(2)7(3,9)10-6(4)8;/h9H,2H2,1,3H3;/q-1;+3.